The average Bonchev–Trinajstić information content (AvgIpc) is 2.69. The van der Waals surface area contributed by atoms with Crippen LogP contribution in [0.2, 0.25) is 0 Å². The molecule has 3 nitrogen and oxygen atoms in total. The second-order valence-corrected chi connectivity index (χ2v) is 7.55. The van der Waals surface area contributed by atoms with Gasteiger partial charge in [0.15, 0.2) is 5.78 Å². The minimum absolute atomic E-state index is 0.00515. The summed E-state index contributed by atoms with van der Waals surface area (Å²) in [5, 5.41) is 20.1. The van der Waals surface area contributed by atoms with E-state index >= 15 is 0 Å². The molecule has 0 amide bonds. The zero-order valence-corrected chi connectivity index (χ0v) is 14.6. The standard InChI is InChI=1S/C21H18O3S/c1-12-4-2-3-5-16(12)13-6-7-14-8-17(23)21-18(24)10-15(22)11-20(21)25-19(14)9-13/h2-7,9,11,15,22,24H,8,10H2,1H3. The molecule has 0 saturated heterocycles. The largest absolute Gasteiger partial charge is 0.511 e. The Bertz CT molecular complexity index is 940. The van der Waals surface area contributed by atoms with Gasteiger partial charge in [-0.05, 0) is 41.3 Å². The second-order valence-electron chi connectivity index (χ2n) is 6.46. The van der Waals surface area contributed by atoms with E-state index in [1.165, 1.54) is 17.3 Å². The van der Waals surface area contributed by atoms with Crippen molar-refractivity contribution in [2.75, 3.05) is 0 Å². The minimum Gasteiger partial charge on any atom is -0.511 e. The van der Waals surface area contributed by atoms with Crippen molar-refractivity contribution >= 4 is 17.5 Å². The SMILES string of the molecule is Cc1ccccc1-c1ccc2c(c1)SC1=CC(O)CC(O)=C1C(=O)C2. The lowest BCUT2D eigenvalue weighted by Crippen LogP contribution is -2.17. The topological polar surface area (TPSA) is 57.5 Å². The predicted octanol–water partition coefficient (Wildman–Crippen LogP) is 4.34. The Labute approximate surface area is 150 Å². The number of fused-ring (bicyclic) bond motifs is 2. The van der Waals surface area contributed by atoms with Gasteiger partial charge in [-0.1, -0.05) is 48.2 Å². The number of hydrogen-bond acceptors (Lipinski definition) is 4. The van der Waals surface area contributed by atoms with E-state index in [1.807, 2.05) is 24.3 Å². The predicted molar refractivity (Wildman–Crippen MR) is 99.5 cm³/mol. The van der Waals surface area contributed by atoms with E-state index in [-0.39, 0.29) is 24.4 Å². The minimum atomic E-state index is -0.750. The van der Waals surface area contributed by atoms with Gasteiger partial charge in [0.2, 0.25) is 0 Å². The number of Topliss-reactive ketones (excluding diaryl/α,β-unsaturated/α-hetero) is 1. The van der Waals surface area contributed by atoms with Crippen LogP contribution < -0.4 is 0 Å². The molecule has 0 radical (unpaired) electrons. The van der Waals surface area contributed by atoms with Gasteiger partial charge in [-0.2, -0.15) is 0 Å². The first kappa shape index (κ1) is 16.2. The van der Waals surface area contributed by atoms with Crippen LogP contribution >= 0.6 is 11.8 Å². The first-order valence-electron chi connectivity index (χ1n) is 8.25. The van der Waals surface area contributed by atoms with Crippen molar-refractivity contribution in [3.8, 4) is 11.1 Å². The lowest BCUT2D eigenvalue weighted by molar-refractivity contribution is -0.114. The van der Waals surface area contributed by atoms with Gasteiger partial charge in [0, 0.05) is 22.6 Å². The molecule has 0 saturated carbocycles. The molecule has 1 atom stereocenters. The summed E-state index contributed by atoms with van der Waals surface area (Å²) in [4.78, 5) is 14.2. The van der Waals surface area contributed by atoms with Gasteiger partial charge >= 0.3 is 0 Å². The second kappa shape index (κ2) is 6.21. The first-order valence-corrected chi connectivity index (χ1v) is 9.07. The van der Waals surface area contributed by atoms with Crippen molar-refractivity contribution in [3.05, 3.63) is 75.9 Å². The van der Waals surface area contributed by atoms with Crippen molar-refractivity contribution < 1.29 is 15.0 Å². The molecule has 0 spiro atoms. The van der Waals surface area contributed by atoms with Crippen LogP contribution in [0.15, 0.2) is 69.7 Å². The van der Waals surface area contributed by atoms with Crippen LogP contribution in [0.3, 0.4) is 0 Å². The van der Waals surface area contributed by atoms with Gasteiger partial charge < -0.3 is 10.2 Å². The molecule has 0 aromatic heterocycles. The molecule has 0 fully saturated rings. The fraction of sp³-hybridized carbons (Fsp3) is 0.190. The van der Waals surface area contributed by atoms with Crippen LogP contribution in [0.4, 0.5) is 0 Å². The van der Waals surface area contributed by atoms with Crippen LogP contribution in [0.25, 0.3) is 11.1 Å². The Morgan fingerprint density at radius 3 is 2.76 bits per heavy atom. The highest BCUT2D eigenvalue weighted by Crippen LogP contribution is 2.43. The molecule has 1 heterocycles. The Kier molecular flexibility index (Phi) is 4.02. The van der Waals surface area contributed by atoms with Crippen molar-refractivity contribution in [1.29, 1.82) is 0 Å². The van der Waals surface area contributed by atoms with E-state index in [0.29, 0.717) is 10.5 Å². The molecule has 2 aromatic carbocycles. The molecule has 25 heavy (non-hydrogen) atoms. The van der Waals surface area contributed by atoms with Crippen LogP contribution in [0.5, 0.6) is 0 Å². The Morgan fingerprint density at radius 2 is 1.96 bits per heavy atom. The summed E-state index contributed by atoms with van der Waals surface area (Å²) in [5.41, 5.74) is 4.78. The first-order chi connectivity index (χ1) is 12.0. The summed E-state index contributed by atoms with van der Waals surface area (Å²) in [6, 6.07) is 14.3. The van der Waals surface area contributed by atoms with Gasteiger partial charge in [0.05, 0.1) is 11.7 Å². The zero-order chi connectivity index (χ0) is 17.6. The molecule has 4 rings (SSSR count). The molecule has 0 bridgehead atoms. The lowest BCUT2D eigenvalue weighted by atomic mass is 9.94. The van der Waals surface area contributed by atoms with Crippen LogP contribution in [-0.2, 0) is 11.2 Å². The third-order valence-electron chi connectivity index (χ3n) is 4.65. The number of allylic oxidation sites excluding steroid dienone is 1. The Balaban J connectivity index is 1.82. The van der Waals surface area contributed by atoms with E-state index in [1.54, 1.807) is 6.08 Å². The molecule has 2 aliphatic rings. The Hall–Kier alpha value is -2.30. The zero-order valence-electron chi connectivity index (χ0n) is 13.8. The van der Waals surface area contributed by atoms with Crippen LogP contribution in [0.1, 0.15) is 17.5 Å². The van der Waals surface area contributed by atoms with E-state index in [9.17, 15) is 15.0 Å². The summed E-state index contributed by atoms with van der Waals surface area (Å²) in [5.74, 6) is -0.0972. The van der Waals surface area contributed by atoms with Crippen molar-refractivity contribution in [2.24, 2.45) is 0 Å². The highest BCUT2D eigenvalue weighted by molar-refractivity contribution is 8.03. The molecular formula is C21H18O3S. The van der Waals surface area contributed by atoms with Gasteiger partial charge in [-0.25, -0.2) is 0 Å². The third-order valence-corrected chi connectivity index (χ3v) is 5.81. The number of ketones is 1. The molecule has 126 valence electrons. The average molecular weight is 350 g/mol. The van der Waals surface area contributed by atoms with Gasteiger partial charge in [-0.3, -0.25) is 4.79 Å². The summed E-state index contributed by atoms with van der Waals surface area (Å²) in [6.45, 7) is 2.08. The molecule has 2 N–H and O–H groups in total. The number of thioether (sulfide) groups is 1. The van der Waals surface area contributed by atoms with Crippen LogP contribution in [0, 0.1) is 6.92 Å². The summed E-state index contributed by atoms with van der Waals surface area (Å²) in [7, 11) is 0. The van der Waals surface area contributed by atoms with E-state index in [4.69, 9.17) is 0 Å². The number of carbonyl (C=O) groups excluding carboxylic acids is 1. The number of rotatable bonds is 1. The lowest BCUT2D eigenvalue weighted by Gasteiger charge is -2.18. The highest BCUT2D eigenvalue weighted by atomic mass is 32.2. The number of aryl methyl sites for hydroxylation is 1. The summed E-state index contributed by atoms with van der Waals surface area (Å²) >= 11 is 1.45. The van der Waals surface area contributed by atoms with E-state index in [2.05, 4.69) is 25.1 Å². The van der Waals surface area contributed by atoms with E-state index < -0.39 is 6.10 Å². The van der Waals surface area contributed by atoms with Crippen LogP contribution in [-0.4, -0.2) is 22.1 Å². The quantitative estimate of drug-likeness (QED) is 0.803. The van der Waals surface area contributed by atoms with Crippen molar-refractivity contribution in [2.45, 2.75) is 30.8 Å². The number of carbonyl (C=O) groups is 1. The van der Waals surface area contributed by atoms with Crippen molar-refractivity contribution in [1.82, 2.24) is 0 Å². The molecule has 1 aliphatic carbocycles. The van der Waals surface area contributed by atoms with Gasteiger partial charge in [-0.15, -0.1) is 0 Å². The number of aliphatic hydroxyl groups excluding tert-OH is 2. The fourth-order valence-electron chi connectivity index (χ4n) is 3.38. The van der Waals surface area contributed by atoms with E-state index in [0.717, 1.165) is 21.6 Å². The maximum absolute atomic E-state index is 12.6. The van der Waals surface area contributed by atoms with Gasteiger partial charge in [0.1, 0.15) is 5.76 Å². The maximum Gasteiger partial charge on any atom is 0.171 e. The fourth-order valence-corrected chi connectivity index (χ4v) is 4.64. The van der Waals surface area contributed by atoms with Gasteiger partial charge in [0.25, 0.3) is 0 Å². The number of aliphatic hydroxyl groups is 2. The highest BCUT2D eigenvalue weighted by Gasteiger charge is 2.30. The number of hydrogen-bond donors (Lipinski definition) is 2. The summed E-state index contributed by atoms with van der Waals surface area (Å²) in [6.07, 6.45) is 1.30. The maximum atomic E-state index is 12.6. The monoisotopic (exact) mass is 350 g/mol. The molecule has 2 aromatic rings. The summed E-state index contributed by atoms with van der Waals surface area (Å²) < 4.78 is 0. The normalized spacial score (nSPS) is 19.8. The smallest absolute Gasteiger partial charge is 0.171 e. The third kappa shape index (κ3) is 2.92. The molecule has 1 aliphatic heterocycles. The number of benzene rings is 2. The molecular weight excluding hydrogens is 332 g/mol. The molecule has 4 heteroatoms. The van der Waals surface area contributed by atoms with Crippen molar-refractivity contribution in [3.63, 3.8) is 0 Å². The molecule has 1 unspecified atom stereocenters. The Morgan fingerprint density at radius 1 is 1.16 bits per heavy atom.